The Bertz CT molecular complexity index is 1010. The van der Waals surface area contributed by atoms with E-state index in [2.05, 4.69) is 4.57 Å². The molecule has 6 nitrogen and oxygen atoms in total. The normalized spacial score (nSPS) is 11.8. The van der Waals surface area contributed by atoms with Crippen LogP contribution in [0, 0.1) is 0 Å². The average molecular weight is 386 g/mol. The molecule has 0 aliphatic rings. The Labute approximate surface area is 159 Å². The monoisotopic (exact) mass is 386 g/mol. The third kappa shape index (κ3) is 4.77. The highest BCUT2D eigenvalue weighted by atomic mass is 32.2. The van der Waals surface area contributed by atoms with Crippen LogP contribution in [0.3, 0.4) is 0 Å². The third-order valence-electron chi connectivity index (χ3n) is 4.54. The van der Waals surface area contributed by atoms with Gasteiger partial charge < -0.3 is 14.6 Å². The largest absolute Gasteiger partial charge is 0.451 e. The lowest BCUT2D eigenvalue weighted by atomic mass is 9.83. The van der Waals surface area contributed by atoms with Crippen molar-refractivity contribution in [2.45, 2.75) is 37.0 Å². The summed E-state index contributed by atoms with van der Waals surface area (Å²) in [4.78, 5) is 5.02. The third-order valence-corrected chi connectivity index (χ3v) is 5.67. The van der Waals surface area contributed by atoms with E-state index in [0.29, 0.717) is 6.32 Å². The fourth-order valence-corrected chi connectivity index (χ4v) is 3.78. The summed E-state index contributed by atoms with van der Waals surface area (Å²) in [6.07, 6.45) is 4.10. The minimum Gasteiger partial charge on any atom is -0.427 e. The minimum absolute atomic E-state index is 0.288. The molecule has 8 heteroatoms. The molecule has 3 rings (SSSR count). The standard InChI is InChI=1S/C19H23BN2O4S/c1-27(25,26)16-11-9-15(10-12-16)19-21-17-7-3-4-8-18(17)22(19)14-6-2-5-13-20(23)24/h3-4,7-12,23-24H,2,5-6,13-14H2,1H3. The van der Waals surface area contributed by atoms with Crippen LogP contribution in [0.5, 0.6) is 0 Å². The number of nitrogens with zero attached hydrogens (tertiary/aromatic N) is 2. The summed E-state index contributed by atoms with van der Waals surface area (Å²) in [5.74, 6) is 0.804. The van der Waals surface area contributed by atoms with Gasteiger partial charge in [0.15, 0.2) is 9.84 Å². The summed E-state index contributed by atoms with van der Waals surface area (Å²) < 4.78 is 25.5. The number of hydrogen-bond acceptors (Lipinski definition) is 5. The van der Waals surface area contributed by atoms with Crippen molar-refractivity contribution in [3.05, 3.63) is 48.5 Å². The van der Waals surface area contributed by atoms with Crippen LogP contribution < -0.4 is 0 Å². The number of fused-ring (bicyclic) bond motifs is 1. The molecule has 0 amide bonds. The van der Waals surface area contributed by atoms with Gasteiger partial charge in [-0.2, -0.15) is 0 Å². The van der Waals surface area contributed by atoms with E-state index in [0.717, 1.165) is 48.2 Å². The van der Waals surface area contributed by atoms with Gasteiger partial charge in [-0.25, -0.2) is 13.4 Å². The molecule has 3 aromatic rings. The van der Waals surface area contributed by atoms with Gasteiger partial charge in [-0.1, -0.05) is 25.0 Å². The van der Waals surface area contributed by atoms with Crippen molar-refractivity contribution in [2.24, 2.45) is 0 Å². The van der Waals surface area contributed by atoms with Crippen LogP contribution in [-0.4, -0.2) is 41.4 Å². The first-order valence-electron chi connectivity index (χ1n) is 8.98. The van der Waals surface area contributed by atoms with E-state index < -0.39 is 17.0 Å². The Hall–Kier alpha value is -2.16. The van der Waals surface area contributed by atoms with Crippen LogP contribution in [0.25, 0.3) is 22.4 Å². The lowest BCUT2D eigenvalue weighted by Crippen LogP contribution is -2.09. The molecule has 0 saturated carbocycles. The summed E-state index contributed by atoms with van der Waals surface area (Å²) in [6, 6.07) is 14.7. The van der Waals surface area contributed by atoms with E-state index in [9.17, 15) is 8.42 Å². The minimum atomic E-state index is -3.23. The second-order valence-electron chi connectivity index (χ2n) is 6.70. The van der Waals surface area contributed by atoms with E-state index >= 15 is 0 Å². The molecule has 1 aromatic heterocycles. The lowest BCUT2D eigenvalue weighted by Gasteiger charge is -2.10. The second kappa shape index (κ2) is 8.25. The van der Waals surface area contributed by atoms with Crippen LogP contribution in [0.4, 0.5) is 0 Å². The molecular formula is C19H23BN2O4S. The number of rotatable bonds is 8. The topological polar surface area (TPSA) is 92.4 Å². The molecule has 0 saturated heterocycles. The van der Waals surface area contributed by atoms with Crippen LogP contribution in [0.2, 0.25) is 6.32 Å². The first-order valence-corrected chi connectivity index (χ1v) is 10.9. The van der Waals surface area contributed by atoms with E-state index in [4.69, 9.17) is 15.0 Å². The molecule has 0 aliphatic carbocycles. The number of aryl methyl sites for hydroxylation is 1. The molecule has 0 bridgehead atoms. The maximum absolute atomic E-state index is 11.7. The number of hydrogen-bond donors (Lipinski definition) is 2. The van der Waals surface area contributed by atoms with E-state index in [1.807, 2.05) is 24.3 Å². The molecule has 0 aliphatic heterocycles. The molecule has 0 radical (unpaired) electrons. The summed E-state index contributed by atoms with van der Waals surface area (Å²) in [5.41, 5.74) is 2.79. The number of unbranched alkanes of at least 4 members (excludes halogenated alkanes) is 2. The Morgan fingerprint density at radius 2 is 1.70 bits per heavy atom. The number of imidazole rings is 1. The molecule has 27 heavy (non-hydrogen) atoms. The quantitative estimate of drug-likeness (QED) is 0.459. The van der Waals surface area contributed by atoms with Gasteiger partial charge >= 0.3 is 7.12 Å². The number of benzene rings is 2. The molecule has 0 atom stereocenters. The second-order valence-corrected chi connectivity index (χ2v) is 8.72. The van der Waals surface area contributed by atoms with Gasteiger partial charge in [0.2, 0.25) is 0 Å². The average Bonchev–Trinajstić information content (AvgIpc) is 2.99. The Morgan fingerprint density at radius 1 is 1.00 bits per heavy atom. The highest BCUT2D eigenvalue weighted by Gasteiger charge is 2.14. The first-order chi connectivity index (χ1) is 12.9. The van der Waals surface area contributed by atoms with Gasteiger partial charge in [-0.05, 0) is 49.1 Å². The number of aromatic nitrogens is 2. The van der Waals surface area contributed by atoms with E-state index in [1.165, 1.54) is 6.26 Å². The van der Waals surface area contributed by atoms with Crippen molar-refractivity contribution in [3.63, 3.8) is 0 Å². The molecule has 0 unspecified atom stereocenters. The molecule has 2 N–H and O–H groups in total. The maximum Gasteiger partial charge on any atom is 0.451 e. The van der Waals surface area contributed by atoms with E-state index in [1.54, 1.807) is 24.3 Å². The van der Waals surface area contributed by atoms with Crippen molar-refractivity contribution >= 4 is 28.0 Å². The smallest absolute Gasteiger partial charge is 0.427 e. The molecule has 2 aromatic carbocycles. The molecule has 0 fully saturated rings. The van der Waals surface area contributed by atoms with Crippen molar-refractivity contribution in [1.82, 2.24) is 9.55 Å². The predicted octanol–water partition coefficient (Wildman–Crippen LogP) is 2.75. The zero-order valence-corrected chi connectivity index (χ0v) is 16.1. The summed E-state index contributed by atoms with van der Waals surface area (Å²) >= 11 is 0. The zero-order chi connectivity index (χ0) is 19.4. The van der Waals surface area contributed by atoms with Crippen LogP contribution in [-0.2, 0) is 16.4 Å². The highest BCUT2D eigenvalue weighted by Crippen LogP contribution is 2.26. The Balaban J connectivity index is 1.88. The zero-order valence-electron chi connectivity index (χ0n) is 15.2. The summed E-state index contributed by atoms with van der Waals surface area (Å²) in [6.45, 7) is 0.755. The van der Waals surface area contributed by atoms with Crippen LogP contribution >= 0.6 is 0 Å². The van der Waals surface area contributed by atoms with Crippen molar-refractivity contribution in [3.8, 4) is 11.4 Å². The summed E-state index contributed by atoms with van der Waals surface area (Å²) in [7, 11) is -4.48. The fourth-order valence-electron chi connectivity index (χ4n) is 3.15. The van der Waals surface area contributed by atoms with Crippen molar-refractivity contribution in [2.75, 3.05) is 6.26 Å². The predicted molar refractivity (Wildman–Crippen MR) is 107 cm³/mol. The molecular weight excluding hydrogens is 363 g/mol. The first kappa shape index (κ1) is 19.6. The Morgan fingerprint density at radius 3 is 2.37 bits per heavy atom. The van der Waals surface area contributed by atoms with Gasteiger partial charge in [-0.15, -0.1) is 0 Å². The van der Waals surface area contributed by atoms with Crippen LogP contribution in [0.15, 0.2) is 53.4 Å². The number of para-hydroxylation sites is 2. The maximum atomic E-state index is 11.7. The SMILES string of the molecule is CS(=O)(=O)c1ccc(-c2nc3ccccc3n2CCCCCB(O)O)cc1. The van der Waals surface area contributed by atoms with Gasteiger partial charge in [0.1, 0.15) is 5.82 Å². The van der Waals surface area contributed by atoms with Gasteiger partial charge in [0, 0.05) is 18.4 Å². The van der Waals surface area contributed by atoms with Gasteiger partial charge in [0.25, 0.3) is 0 Å². The molecule has 1 heterocycles. The lowest BCUT2D eigenvalue weighted by molar-refractivity contribution is 0.401. The fraction of sp³-hybridized carbons (Fsp3) is 0.316. The van der Waals surface area contributed by atoms with Gasteiger partial charge in [-0.3, -0.25) is 0 Å². The van der Waals surface area contributed by atoms with Crippen molar-refractivity contribution < 1.29 is 18.5 Å². The molecule has 0 spiro atoms. The van der Waals surface area contributed by atoms with Crippen LogP contribution in [0.1, 0.15) is 19.3 Å². The van der Waals surface area contributed by atoms with Crippen molar-refractivity contribution in [1.29, 1.82) is 0 Å². The van der Waals surface area contributed by atoms with Gasteiger partial charge in [0.05, 0.1) is 15.9 Å². The highest BCUT2D eigenvalue weighted by molar-refractivity contribution is 7.90. The number of sulfone groups is 1. The summed E-state index contributed by atoms with van der Waals surface area (Å²) in [5, 5.41) is 17.9. The molecule has 142 valence electrons. The Kier molecular flexibility index (Phi) is 5.99. The van der Waals surface area contributed by atoms with E-state index in [-0.39, 0.29) is 4.90 Å².